The van der Waals surface area contributed by atoms with Crippen LogP contribution in [0.5, 0.6) is 0 Å². The lowest BCUT2D eigenvalue weighted by Gasteiger charge is -2.10. The number of hydrogen-bond donors (Lipinski definition) is 0. The fraction of sp³-hybridized carbons (Fsp3) is 0. The number of nitro benzene ring substituents is 1. The number of rotatable bonds is 4. The van der Waals surface area contributed by atoms with E-state index in [-0.39, 0.29) is 10.6 Å². The third-order valence-corrected chi connectivity index (χ3v) is 5.36. The van der Waals surface area contributed by atoms with E-state index in [4.69, 9.17) is 4.98 Å². The van der Waals surface area contributed by atoms with E-state index >= 15 is 0 Å². The molecular formula is C27H18N2O2. The lowest BCUT2D eigenvalue weighted by atomic mass is 9.98. The molecule has 148 valence electrons. The van der Waals surface area contributed by atoms with Gasteiger partial charge < -0.3 is 0 Å². The van der Waals surface area contributed by atoms with Gasteiger partial charge in [-0.25, -0.2) is 4.98 Å². The SMILES string of the molecule is O=[N+]([O-])c1ccc(/C=C/c2cc(-c3ccccc3)nc3ccc4ccccc4c23)cc1. The highest BCUT2D eigenvalue weighted by atomic mass is 16.6. The van der Waals surface area contributed by atoms with Gasteiger partial charge in [-0.1, -0.05) is 72.8 Å². The molecule has 5 rings (SSSR count). The average Bonchev–Trinajstić information content (AvgIpc) is 2.83. The van der Waals surface area contributed by atoms with Crippen LogP contribution in [0.2, 0.25) is 0 Å². The molecule has 31 heavy (non-hydrogen) atoms. The molecule has 0 fully saturated rings. The van der Waals surface area contributed by atoms with E-state index < -0.39 is 0 Å². The van der Waals surface area contributed by atoms with E-state index in [9.17, 15) is 10.1 Å². The first-order valence-electron chi connectivity index (χ1n) is 9.99. The van der Waals surface area contributed by atoms with Crippen LogP contribution in [-0.2, 0) is 0 Å². The summed E-state index contributed by atoms with van der Waals surface area (Å²) in [6.45, 7) is 0. The molecule has 0 saturated heterocycles. The molecule has 0 bridgehead atoms. The third-order valence-electron chi connectivity index (χ3n) is 5.36. The van der Waals surface area contributed by atoms with Crippen molar-refractivity contribution >= 4 is 39.5 Å². The Morgan fingerprint density at radius 2 is 1.52 bits per heavy atom. The number of nitrogens with zero attached hydrogens (tertiary/aromatic N) is 2. The highest BCUT2D eigenvalue weighted by Gasteiger charge is 2.10. The molecule has 4 heteroatoms. The minimum Gasteiger partial charge on any atom is -0.258 e. The number of pyridine rings is 1. The summed E-state index contributed by atoms with van der Waals surface area (Å²) < 4.78 is 0. The van der Waals surface area contributed by atoms with Crippen molar-refractivity contribution in [3.63, 3.8) is 0 Å². The molecule has 1 heterocycles. The van der Waals surface area contributed by atoms with Crippen molar-refractivity contribution in [2.24, 2.45) is 0 Å². The van der Waals surface area contributed by atoms with Gasteiger partial charge in [0.2, 0.25) is 0 Å². The zero-order chi connectivity index (χ0) is 21.2. The van der Waals surface area contributed by atoms with Crippen LogP contribution in [-0.4, -0.2) is 9.91 Å². The minimum absolute atomic E-state index is 0.0869. The molecule has 0 aliphatic rings. The van der Waals surface area contributed by atoms with Crippen LogP contribution in [0.4, 0.5) is 5.69 Å². The summed E-state index contributed by atoms with van der Waals surface area (Å²) >= 11 is 0. The molecule has 4 aromatic carbocycles. The minimum atomic E-state index is -0.387. The fourth-order valence-electron chi connectivity index (χ4n) is 3.82. The van der Waals surface area contributed by atoms with Crippen LogP contribution in [0.3, 0.4) is 0 Å². The third kappa shape index (κ3) is 3.67. The summed E-state index contributed by atoms with van der Waals surface area (Å²) in [5, 5.41) is 14.3. The van der Waals surface area contributed by atoms with E-state index in [2.05, 4.69) is 48.5 Å². The van der Waals surface area contributed by atoms with Gasteiger partial charge in [0.1, 0.15) is 0 Å². The summed E-state index contributed by atoms with van der Waals surface area (Å²) in [6.07, 6.45) is 4.04. The van der Waals surface area contributed by atoms with Crippen LogP contribution in [0.1, 0.15) is 11.1 Å². The van der Waals surface area contributed by atoms with Gasteiger partial charge in [-0.3, -0.25) is 10.1 Å². The van der Waals surface area contributed by atoms with E-state index in [0.29, 0.717) is 0 Å². The average molecular weight is 402 g/mol. The highest BCUT2D eigenvalue weighted by Crippen LogP contribution is 2.32. The summed E-state index contributed by atoms with van der Waals surface area (Å²) in [5.74, 6) is 0. The zero-order valence-electron chi connectivity index (χ0n) is 16.6. The predicted molar refractivity (Wildman–Crippen MR) is 127 cm³/mol. The molecule has 0 saturated carbocycles. The van der Waals surface area contributed by atoms with Gasteiger partial charge in [0, 0.05) is 23.1 Å². The largest absolute Gasteiger partial charge is 0.269 e. The molecule has 0 aliphatic carbocycles. The first-order valence-corrected chi connectivity index (χ1v) is 9.99. The smallest absolute Gasteiger partial charge is 0.258 e. The summed E-state index contributed by atoms with van der Waals surface area (Å²) in [6, 6.07) is 31.2. The number of non-ortho nitro benzene ring substituents is 1. The number of benzene rings is 4. The molecule has 0 unspecified atom stereocenters. The van der Waals surface area contributed by atoms with Crippen molar-refractivity contribution in [3.05, 3.63) is 118 Å². The maximum Gasteiger partial charge on any atom is 0.269 e. The van der Waals surface area contributed by atoms with Crippen molar-refractivity contribution in [2.45, 2.75) is 0 Å². The quantitative estimate of drug-likeness (QED) is 0.182. The Morgan fingerprint density at radius 3 is 2.29 bits per heavy atom. The topological polar surface area (TPSA) is 56.0 Å². The molecule has 0 atom stereocenters. The second-order valence-electron chi connectivity index (χ2n) is 7.33. The Morgan fingerprint density at radius 1 is 0.774 bits per heavy atom. The Kier molecular flexibility index (Phi) is 4.73. The lowest BCUT2D eigenvalue weighted by molar-refractivity contribution is -0.384. The maximum absolute atomic E-state index is 10.9. The van der Waals surface area contributed by atoms with Gasteiger partial charge in [-0.05, 0) is 46.2 Å². The molecular weight excluding hydrogens is 384 g/mol. The summed E-state index contributed by atoms with van der Waals surface area (Å²) in [4.78, 5) is 15.5. The lowest BCUT2D eigenvalue weighted by Crippen LogP contribution is -1.90. The van der Waals surface area contributed by atoms with Crippen LogP contribution in [0.25, 0.3) is 45.1 Å². The van der Waals surface area contributed by atoms with Crippen LogP contribution >= 0.6 is 0 Å². The van der Waals surface area contributed by atoms with E-state index in [1.807, 2.05) is 36.4 Å². The zero-order valence-corrected chi connectivity index (χ0v) is 16.6. The van der Waals surface area contributed by atoms with Crippen LogP contribution in [0.15, 0.2) is 97.1 Å². The second-order valence-corrected chi connectivity index (χ2v) is 7.33. The molecule has 1 aromatic heterocycles. The molecule has 0 amide bonds. The molecule has 0 spiro atoms. The number of hydrogen-bond acceptors (Lipinski definition) is 3. The standard InChI is InChI=1S/C27H18N2O2/c30-29(31)23-15-11-19(12-16-23)10-13-22-18-26(21-7-2-1-3-8-21)28-25-17-14-20-6-4-5-9-24(20)27(22)25/h1-18H/b13-10+. The monoisotopic (exact) mass is 402 g/mol. The molecule has 5 aromatic rings. The summed E-state index contributed by atoms with van der Waals surface area (Å²) in [5.41, 5.74) is 4.94. The van der Waals surface area contributed by atoms with Gasteiger partial charge in [-0.15, -0.1) is 0 Å². The Balaban J connectivity index is 1.70. The Labute approximate surface area is 179 Å². The number of nitro groups is 1. The van der Waals surface area contributed by atoms with Gasteiger partial charge in [0.05, 0.1) is 16.1 Å². The predicted octanol–water partition coefficient (Wildman–Crippen LogP) is 7.13. The second kappa shape index (κ2) is 7.84. The summed E-state index contributed by atoms with van der Waals surface area (Å²) in [7, 11) is 0. The van der Waals surface area contributed by atoms with Crippen molar-refractivity contribution < 1.29 is 4.92 Å². The van der Waals surface area contributed by atoms with E-state index in [1.54, 1.807) is 12.1 Å². The normalized spacial score (nSPS) is 11.4. The first-order chi connectivity index (χ1) is 15.2. The Hall–Kier alpha value is -4.31. The highest BCUT2D eigenvalue weighted by molar-refractivity contribution is 6.11. The van der Waals surface area contributed by atoms with Gasteiger partial charge in [0.25, 0.3) is 5.69 Å². The van der Waals surface area contributed by atoms with Crippen molar-refractivity contribution in [2.75, 3.05) is 0 Å². The maximum atomic E-state index is 10.9. The van der Waals surface area contributed by atoms with Crippen molar-refractivity contribution in [3.8, 4) is 11.3 Å². The van der Waals surface area contributed by atoms with E-state index in [1.165, 1.54) is 12.1 Å². The number of aromatic nitrogens is 1. The molecule has 4 nitrogen and oxygen atoms in total. The van der Waals surface area contributed by atoms with Gasteiger partial charge >= 0.3 is 0 Å². The fourth-order valence-corrected chi connectivity index (χ4v) is 3.82. The molecule has 0 radical (unpaired) electrons. The number of fused-ring (bicyclic) bond motifs is 3. The van der Waals surface area contributed by atoms with E-state index in [0.717, 1.165) is 44.1 Å². The molecule has 0 aliphatic heterocycles. The molecule has 0 N–H and O–H groups in total. The Bertz CT molecular complexity index is 1440. The van der Waals surface area contributed by atoms with Gasteiger partial charge in [0.15, 0.2) is 0 Å². The van der Waals surface area contributed by atoms with Crippen LogP contribution in [0, 0.1) is 10.1 Å². The van der Waals surface area contributed by atoms with Crippen molar-refractivity contribution in [1.82, 2.24) is 4.98 Å². The van der Waals surface area contributed by atoms with Gasteiger partial charge in [-0.2, -0.15) is 0 Å². The first kappa shape index (κ1) is 18.7. The van der Waals surface area contributed by atoms with Crippen LogP contribution < -0.4 is 0 Å². The van der Waals surface area contributed by atoms with Crippen molar-refractivity contribution in [1.29, 1.82) is 0 Å².